The molecule has 1 fully saturated rings. The number of hydrogen-bond acceptors (Lipinski definition) is 4. The van der Waals surface area contributed by atoms with E-state index in [0.717, 1.165) is 44.9 Å². The lowest BCUT2D eigenvalue weighted by atomic mass is 10.0. The van der Waals surface area contributed by atoms with Crippen molar-refractivity contribution in [2.75, 3.05) is 45.9 Å². The molecular formula is C20H33N3O2. The molecule has 5 nitrogen and oxygen atoms in total. The van der Waals surface area contributed by atoms with Crippen molar-refractivity contribution in [3.63, 3.8) is 0 Å². The Morgan fingerprint density at radius 2 is 1.84 bits per heavy atom. The standard InChI is InChI=1S/C20H33N3O2/c1-4-22-12-14-23(15-13-22)20(2,3)17-21-19(24)11-8-16-25-18-9-6-5-7-10-18/h5-7,9-10H,4,8,11-17H2,1-3H3,(H,21,24). The predicted molar refractivity (Wildman–Crippen MR) is 102 cm³/mol. The van der Waals surface area contributed by atoms with Crippen molar-refractivity contribution in [1.82, 2.24) is 15.1 Å². The summed E-state index contributed by atoms with van der Waals surface area (Å²) in [5, 5.41) is 3.09. The quantitative estimate of drug-likeness (QED) is 0.697. The van der Waals surface area contributed by atoms with E-state index in [-0.39, 0.29) is 11.4 Å². The molecule has 0 aliphatic carbocycles. The van der Waals surface area contributed by atoms with Crippen LogP contribution in [0.5, 0.6) is 5.75 Å². The van der Waals surface area contributed by atoms with Gasteiger partial charge in [0.1, 0.15) is 5.75 Å². The number of ether oxygens (including phenoxy) is 1. The fourth-order valence-corrected chi connectivity index (χ4v) is 3.12. The summed E-state index contributed by atoms with van der Waals surface area (Å²) in [7, 11) is 0. The molecule has 1 N–H and O–H groups in total. The highest BCUT2D eigenvalue weighted by Gasteiger charge is 2.29. The number of hydrogen-bond donors (Lipinski definition) is 1. The highest BCUT2D eigenvalue weighted by atomic mass is 16.5. The summed E-state index contributed by atoms with van der Waals surface area (Å²) >= 11 is 0. The van der Waals surface area contributed by atoms with Crippen LogP contribution in [0.3, 0.4) is 0 Å². The first-order valence-electron chi connectivity index (χ1n) is 9.43. The van der Waals surface area contributed by atoms with Crippen LogP contribution in [0.1, 0.15) is 33.6 Å². The summed E-state index contributed by atoms with van der Waals surface area (Å²) in [6.07, 6.45) is 1.24. The van der Waals surface area contributed by atoms with Gasteiger partial charge in [0.25, 0.3) is 0 Å². The van der Waals surface area contributed by atoms with Crippen molar-refractivity contribution in [2.24, 2.45) is 0 Å². The first-order chi connectivity index (χ1) is 12.0. The zero-order valence-corrected chi connectivity index (χ0v) is 16.0. The molecule has 2 rings (SSSR count). The second kappa shape index (κ2) is 9.78. The highest BCUT2D eigenvalue weighted by Crippen LogP contribution is 2.16. The number of rotatable bonds is 9. The Bertz CT molecular complexity index is 511. The molecule has 0 radical (unpaired) electrons. The number of nitrogens with one attached hydrogen (secondary N) is 1. The van der Waals surface area contributed by atoms with Gasteiger partial charge in [-0.2, -0.15) is 0 Å². The minimum absolute atomic E-state index is 0.00394. The Morgan fingerprint density at radius 1 is 1.16 bits per heavy atom. The van der Waals surface area contributed by atoms with Crippen LogP contribution in [0.2, 0.25) is 0 Å². The number of amides is 1. The van der Waals surface area contributed by atoms with E-state index in [1.165, 1.54) is 0 Å². The number of piperazine rings is 1. The smallest absolute Gasteiger partial charge is 0.220 e. The van der Waals surface area contributed by atoms with E-state index in [2.05, 4.69) is 35.9 Å². The molecule has 1 aliphatic rings. The molecule has 0 atom stereocenters. The summed E-state index contributed by atoms with van der Waals surface area (Å²) in [6, 6.07) is 9.72. The summed E-state index contributed by atoms with van der Waals surface area (Å²) in [6.45, 7) is 13.4. The minimum atomic E-state index is -0.00394. The molecule has 1 aromatic rings. The Morgan fingerprint density at radius 3 is 2.48 bits per heavy atom. The largest absolute Gasteiger partial charge is 0.494 e. The van der Waals surface area contributed by atoms with Gasteiger partial charge >= 0.3 is 0 Å². The van der Waals surface area contributed by atoms with Crippen LogP contribution in [-0.4, -0.2) is 67.1 Å². The highest BCUT2D eigenvalue weighted by molar-refractivity contribution is 5.75. The zero-order valence-electron chi connectivity index (χ0n) is 16.0. The maximum Gasteiger partial charge on any atom is 0.220 e. The third-order valence-corrected chi connectivity index (χ3v) is 4.95. The van der Waals surface area contributed by atoms with E-state index < -0.39 is 0 Å². The first-order valence-corrected chi connectivity index (χ1v) is 9.43. The van der Waals surface area contributed by atoms with E-state index in [4.69, 9.17) is 4.74 Å². The predicted octanol–water partition coefficient (Wildman–Crippen LogP) is 2.38. The lowest BCUT2D eigenvalue weighted by molar-refractivity contribution is -0.122. The number of likely N-dealkylation sites (N-methyl/N-ethyl adjacent to an activating group) is 1. The number of carbonyl (C=O) groups is 1. The van der Waals surface area contributed by atoms with Gasteiger partial charge in [0.05, 0.1) is 6.61 Å². The number of benzene rings is 1. The lowest BCUT2D eigenvalue weighted by Crippen LogP contribution is -2.58. The van der Waals surface area contributed by atoms with Gasteiger partial charge in [0.2, 0.25) is 5.91 Å². The number of para-hydroxylation sites is 1. The molecule has 0 bridgehead atoms. The fourth-order valence-electron chi connectivity index (χ4n) is 3.12. The van der Waals surface area contributed by atoms with E-state index in [0.29, 0.717) is 19.6 Å². The molecule has 0 unspecified atom stereocenters. The summed E-state index contributed by atoms with van der Waals surface area (Å²) in [4.78, 5) is 17.0. The second-order valence-electron chi connectivity index (χ2n) is 7.28. The second-order valence-corrected chi connectivity index (χ2v) is 7.28. The minimum Gasteiger partial charge on any atom is -0.494 e. The summed E-state index contributed by atoms with van der Waals surface area (Å²) < 4.78 is 5.62. The van der Waals surface area contributed by atoms with Crippen LogP contribution >= 0.6 is 0 Å². The normalized spacial score (nSPS) is 16.6. The van der Waals surface area contributed by atoms with Gasteiger partial charge in [-0.3, -0.25) is 9.69 Å². The molecule has 5 heteroatoms. The topological polar surface area (TPSA) is 44.8 Å². The molecule has 0 saturated carbocycles. The molecule has 1 saturated heterocycles. The molecule has 0 spiro atoms. The summed E-state index contributed by atoms with van der Waals surface area (Å²) in [5.41, 5.74) is -0.00394. The molecule has 1 heterocycles. The van der Waals surface area contributed by atoms with Crippen molar-refractivity contribution in [3.8, 4) is 5.75 Å². The Kier molecular flexibility index (Phi) is 7.72. The average Bonchev–Trinajstić information content (AvgIpc) is 2.64. The summed E-state index contributed by atoms with van der Waals surface area (Å²) in [5.74, 6) is 0.965. The molecular weight excluding hydrogens is 314 g/mol. The maximum absolute atomic E-state index is 12.1. The molecule has 0 aromatic heterocycles. The van der Waals surface area contributed by atoms with Gasteiger partial charge in [-0.05, 0) is 38.9 Å². The van der Waals surface area contributed by atoms with Crippen molar-refractivity contribution in [3.05, 3.63) is 30.3 Å². The van der Waals surface area contributed by atoms with Crippen molar-refractivity contribution >= 4 is 5.91 Å². The SMILES string of the molecule is CCN1CCN(C(C)(C)CNC(=O)CCCOc2ccccc2)CC1. The van der Waals surface area contributed by atoms with Gasteiger partial charge in [0, 0.05) is 44.7 Å². The van der Waals surface area contributed by atoms with Crippen molar-refractivity contribution < 1.29 is 9.53 Å². The van der Waals surface area contributed by atoms with Gasteiger partial charge in [0.15, 0.2) is 0 Å². The Labute approximate surface area is 152 Å². The van der Waals surface area contributed by atoms with E-state index in [1.807, 2.05) is 30.3 Å². The van der Waals surface area contributed by atoms with Crippen molar-refractivity contribution in [1.29, 1.82) is 0 Å². The number of nitrogens with zero attached hydrogens (tertiary/aromatic N) is 2. The van der Waals surface area contributed by atoms with Crippen LogP contribution in [-0.2, 0) is 4.79 Å². The van der Waals surface area contributed by atoms with Gasteiger partial charge < -0.3 is 15.0 Å². The van der Waals surface area contributed by atoms with Crippen LogP contribution in [0, 0.1) is 0 Å². The molecule has 1 aliphatic heterocycles. The zero-order chi connectivity index (χ0) is 18.1. The molecule has 1 amide bonds. The van der Waals surface area contributed by atoms with E-state index in [9.17, 15) is 4.79 Å². The molecule has 1 aromatic carbocycles. The number of carbonyl (C=O) groups excluding carboxylic acids is 1. The van der Waals surface area contributed by atoms with Gasteiger partial charge in [-0.1, -0.05) is 25.1 Å². The Balaban J connectivity index is 1.61. The van der Waals surface area contributed by atoms with Gasteiger partial charge in [-0.25, -0.2) is 0 Å². The maximum atomic E-state index is 12.1. The van der Waals surface area contributed by atoms with Crippen LogP contribution in [0.25, 0.3) is 0 Å². The van der Waals surface area contributed by atoms with Crippen LogP contribution in [0.15, 0.2) is 30.3 Å². The first kappa shape index (κ1) is 19.7. The van der Waals surface area contributed by atoms with E-state index >= 15 is 0 Å². The lowest BCUT2D eigenvalue weighted by Gasteiger charge is -2.44. The van der Waals surface area contributed by atoms with Crippen LogP contribution < -0.4 is 10.1 Å². The average molecular weight is 348 g/mol. The fraction of sp³-hybridized carbons (Fsp3) is 0.650. The molecule has 25 heavy (non-hydrogen) atoms. The van der Waals surface area contributed by atoms with Gasteiger partial charge in [-0.15, -0.1) is 0 Å². The van der Waals surface area contributed by atoms with Crippen LogP contribution in [0.4, 0.5) is 0 Å². The van der Waals surface area contributed by atoms with E-state index in [1.54, 1.807) is 0 Å². The Hall–Kier alpha value is -1.59. The van der Waals surface area contributed by atoms with Crippen molar-refractivity contribution in [2.45, 2.75) is 39.2 Å². The monoisotopic (exact) mass is 347 g/mol. The third kappa shape index (κ3) is 6.67. The third-order valence-electron chi connectivity index (χ3n) is 4.95. The molecule has 140 valence electrons.